The van der Waals surface area contributed by atoms with E-state index in [4.69, 9.17) is 10.2 Å². The molecule has 0 bridgehead atoms. The molecule has 0 saturated heterocycles. The second-order valence-corrected chi connectivity index (χ2v) is 3.46. The standard InChI is InChI=1S/C11H7F2NO4/c12-7-1-5(4-15)6(2-8(7)13)9-3-10(11(16)17)18-14-9/h1-3,15H,4H2,(H,16,17). The molecule has 0 radical (unpaired) electrons. The summed E-state index contributed by atoms with van der Waals surface area (Å²) in [6.45, 7) is -0.540. The molecule has 0 saturated carbocycles. The SMILES string of the molecule is O=C(O)c1cc(-c2cc(F)c(F)cc2CO)no1. The number of rotatable bonds is 3. The zero-order valence-corrected chi connectivity index (χ0v) is 8.85. The lowest BCUT2D eigenvalue weighted by Crippen LogP contribution is -1.95. The molecular formula is C11H7F2NO4. The minimum atomic E-state index is -1.33. The summed E-state index contributed by atoms with van der Waals surface area (Å²) in [6, 6.07) is 2.71. The van der Waals surface area contributed by atoms with E-state index in [0.29, 0.717) is 0 Å². The molecule has 5 nitrogen and oxygen atoms in total. The highest BCUT2D eigenvalue weighted by Gasteiger charge is 2.17. The van der Waals surface area contributed by atoms with Crippen molar-refractivity contribution >= 4 is 5.97 Å². The molecule has 0 atom stereocenters. The number of aliphatic hydroxyl groups is 1. The van der Waals surface area contributed by atoms with Gasteiger partial charge in [-0.2, -0.15) is 0 Å². The zero-order chi connectivity index (χ0) is 13.3. The predicted molar refractivity (Wildman–Crippen MR) is 54.7 cm³/mol. The van der Waals surface area contributed by atoms with Gasteiger partial charge in [0.1, 0.15) is 5.69 Å². The molecule has 0 aliphatic heterocycles. The van der Waals surface area contributed by atoms with Crippen LogP contribution in [0.5, 0.6) is 0 Å². The lowest BCUT2D eigenvalue weighted by molar-refractivity contribution is 0.0652. The average molecular weight is 255 g/mol. The Bertz CT molecular complexity index is 609. The van der Waals surface area contributed by atoms with Crippen molar-refractivity contribution in [2.24, 2.45) is 0 Å². The first kappa shape index (κ1) is 12.2. The normalized spacial score (nSPS) is 10.6. The lowest BCUT2D eigenvalue weighted by atomic mass is 10.0. The number of hydrogen-bond acceptors (Lipinski definition) is 4. The number of aromatic nitrogens is 1. The second kappa shape index (κ2) is 4.53. The summed E-state index contributed by atoms with van der Waals surface area (Å²) in [4.78, 5) is 10.6. The van der Waals surface area contributed by atoms with Crippen LogP contribution in [0.3, 0.4) is 0 Å². The molecule has 0 aliphatic carbocycles. The summed E-state index contributed by atoms with van der Waals surface area (Å²) in [5.74, 6) is -3.99. The van der Waals surface area contributed by atoms with Crippen molar-refractivity contribution in [3.63, 3.8) is 0 Å². The Kier molecular flexibility index (Phi) is 3.07. The number of benzene rings is 1. The van der Waals surface area contributed by atoms with Gasteiger partial charge in [0, 0.05) is 11.6 Å². The van der Waals surface area contributed by atoms with Crippen LogP contribution in [0.15, 0.2) is 22.7 Å². The van der Waals surface area contributed by atoms with Gasteiger partial charge in [-0.1, -0.05) is 5.16 Å². The Morgan fingerprint density at radius 1 is 1.28 bits per heavy atom. The van der Waals surface area contributed by atoms with Crippen molar-refractivity contribution in [1.82, 2.24) is 5.16 Å². The fraction of sp³-hybridized carbons (Fsp3) is 0.0909. The molecule has 18 heavy (non-hydrogen) atoms. The Morgan fingerprint density at radius 2 is 1.94 bits per heavy atom. The third-order valence-corrected chi connectivity index (χ3v) is 2.31. The quantitative estimate of drug-likeness (QED) is 0.873. The van der Waals surface area contributed by atoms with Crippen LogP contribution in [0.25, 0.3) is 11.3 Å². The van der Waals surface area contributed by atoms with Crippen LogP contribution in [0.1, 0.15) is 16.1 Å². The van der Waals surface area contributed by atoms with Gasteiger partial charge in [-0.05, 0) is 17.7 Å². The topological polar surface area (TPSA) is 83.6 Å². The molecule has 2 rings (SSSR count). The number of carboxylic acid groups (broad SMARTS) is 1. The molecular weight excluding hydrogens is 248 g/mol. The summed E-state index contributed by atoms with van der Waals surface area (Å²) < 4.78 is 30.6. The van der Waals surface area contributed by atoms with Gasteiger partial charge < -0.3 is 14.7 Å². The highest BCUT2D eigenvalue weighted by Crippen LogP contribution is 2.26. The van der Waals surface area contributed by atoms with Crippen molar-refractivity contribution in [2.45, 2.75) is 6.61 Å². The molecule has 7 heteroatoms. The molecule has 1 aromatic heterocycles. The summed E-state index contributed by atoms with van der Waals surface area (Å²) >= 11 is 0. The van der Waals surface area contributed by atoms with Crippen LogP contribution in [-0.2, 0) is 6.61 Å². The first-order chi connectivity index (χ1) is 8.52. The predicted octanol–water partition coefficient (Wildman–Crippen LogP) is 1.81. The monoisotopic (exact) mass is 255 g/mol. The highest BCUT2D eigenvalue weighted by atomic mass is 19.2. The van der Waals surface area contributed by atoms with E-state index in [1.54, 1.807) is 0 Å². The minimum Gasteiger partial charge on any atom is -0.475 e. The van der Waals surface area contributed by atoms with Crippen LogP contribution < -0.4 is 0 Å². The van der Waals surface area contributed by atoms with Gasteiger partial charge in [-0.3, -0.25) is 0 Å². The van der Waals surface area contributed by atoms with E-state index in [0.717, 1.165) is 18.2 Å². The Morgan fingerprint density at radius 3 is 2.50 bits per heavy atom. The van der Waals surface area contributed by atoms with E-state index in [1.807, 2.05) is 0 Å². The lowest BCUT2D eigenvalue weighted by Gasteiger charge is -2.04. The third kappa shape index (κ3) is 2.07. The van der Waals surface area contributed by atoms with E-state index in [-0.39, 0.29) is 16.8 Å². The van der Waals surface area contributed by atoms with Gasteiger partial charge in [0.05, 0.1) is 6.61 Å². The molecule has 0 amide bonds. The molecule has 0 spiro atoms. The van der Waals surface area contributed by atoms with Crippen LogP contribution in [0.2, 0.25) is 0 Å². The zero-order valence-electron chi connectivity index (χ0n) is 8.85. The van der Waals surface area contributed by atoms with Gasteiger partial charge in [-0.15, -0.1) is 0 Å². The maximum Gasteiger partial charge on any atom is 0.374 e. The highest BCUT2D eigenvalue weighted by molar-refractivity contribution is 5.85. The summed E-state index contributed by atoms with van der Waals surface area (Å²) in [6.07, 6.45) is 0. The van der Waals surface area contributed by atoms with E-state index < -0.39 is 30.0 Å². The number of carbonyl (C=O) groups is 1. The third-order valence-electron chi connectivity index (χ3n) is 2.31. The van der Waals surface area contributed by atoms with E-state index in [9.17, 15) is 13.6 Å². The Hall–Kier alpha value is -2.28. The number of hydrogen-bond donors (Lipinski definition) is 2. The fourth-order valence-corrected chi connectivity index (χ4v) is 1.46. The minimum absolute atomic E-state index is 0.00958. The molecule has 1 aromatic carbocycles. The van der Waals surface area contributed by atoms with Crippen molar-refractivity contribution in [3.05, 3.63) is 41.2 Å². The molecule has 94 valence electrons. The van der Waals surface area contributed by atoms with Gasteiger partial charge in [0.2, 0.25) is 5.76 Å². The number of carboxylic acids is 1. The number of halogens is 2. The molecule has 0 fully saturated rings. The number of aliphatic hydroxyl groups excluding tert-OH is 1. The van der Waals surface area contributed by atoms with Crippen LogP contribution in [0.4, 0.5) is 8.78 Å². The van der Waals surface area contributed by atoms with E-state index >= 15 is 0 Å². The maximum atomic E-state index is 13.1. The first-order valence-corrected chi connectivity index (χ1v) is 4.82. The van der Waals surface area contributed by atoms with Crippen LogP contribution in [-0.4, -0.2) is 21.3 Å². The Balaban J connectivity index is 2.55. The smallest absolute Gasteiger partial charge is 0.374 e. The number of nitrogens with zero attached hydrogens (tertiary/aromatic N) is 1. The second-order valence-electron chi connectivity index (χ2n) is 3.46. The van der Waals surface area contributed by atoms with Crippen LogP contribution in [0, 0.1) is 11.6 Å². The van der Waals surface area contributed by atoms with Gasteiger partial charge in [0.25, 0.3) is 0 Å². The first-order valence-electron chi connectivity index (χ1n) is 4.82. The van der Waals surface area contributed by atoms with E-state index in [2.05, 4.69) is 9.68 Å². The molecule has 0 aliphatic rings. The van der Waals surface area contributed by atoms with Crippen molar-refractivity contribution in [3.8, 4) is 11.3 Å². The maximum absolute atomic E-state index is 13.1. The average Bonchev–Trinajstić information content (AvgIpc) is 2.81. The van der Waals surface area contributed by atoms with Gasteiger partial charge >= 0.3 is 5.97 Å². The molecule has 2 aromatic rings. The Labute approximate surface area is 99.3 Å². The summed E-state index contributed by atoms with van der Waals surface area (Å²) in [5.41, 5.74) is 0.169. The molecule has 0 unspecified atom stereocenters. The van der Waals surface area contributed by atoms with Gasteiger partial charge in [0.15, 0.2) is 11.6 Å². The van der Waals surface area contributed by atoms with Crippen molar-refractivity contribution < 1.29 is 28.3 Å². The molecule has 1 heterocycles. The van der Waals surface area contributed by atoms with Crippen molar-refractivity contribution in [2.75, 3.05) is 0 Å². The van der Waals surface area contributed by atoms with E-state index in [1.165, 1.54) is 0 Å². The van der Waals surface area contributed by atoms with Crippen molar-refractivity contribution in [1.29, 1.82) is 0 Å². The summed E-state index contributed by atoms with van der Waals surface area (Å²) in [7, 11) is 0. The van der Waals surface area contributed by atoms with Crippen LogP contribution >= 0.6 is 0 Å². The molecule has 2 N–H and O–H groups in total. The largest absolute Gasteiger partial charge is 0.475 e. The summed E-state index contributed by atoms with van der Waals surface area (Å²) in [5, 5.41) is 21.1. The fourth-order valence-electron chi connectivity index (χ4n) is 1.46. The number of aromatic carboxylic acids is 1. The van der Waals surface area contributed by atoms with Gasteiger partial charge in [-0.25, -0.2) is 13.6 Å².